The van der Waals surface area contributed by atoms with Gasteiger partial charge >= 0.3 is 0 Å². The van der Waals surface area contributed by atoms with Gasteiger partial charge in [-0.05, 0) is 52.7 Å². The number of rotatable bonds is 3. The van der Waals surface area contributed by atoms with Crippen molar-refractivity contribution in [1.29, 1.82) is 0 Å². The van der Waals surface area contributed by atoms with Gasteiger partial charge in [-0.25, -0.2) is 0 Å². The quantitative estimate of drug-likeness (QED) is 0.796. The van der Waals surface area contributed by atoms with Gasteiger partial charge in [-0.3, -0.25) is 4.98 Å². The zero-order valence-electron chi connectivity index (χ0n) is 9.34. The summed E-state index contributed by atoms with van der Waals surface area (Å²) in [4.78, 5) is 4.41. The van der Waals surface area contributed by atoms with Crippen molar-refractivity contribution in [2.75, 3.05) is 0 Å². The summed E-state index contributed by atoms with van der Waals surface area (Å²) in [6.45, 7) is 8.91. The number of hydrogen-bond acceptors (Lipinski definition) is 1. The molecular formula is C12H18BrN. The standard InChI is InChI=1S/C12H18BrN/c1-8(2)9(3)5-11-6-10(4)12(13)7-14-11/h6-9H,5H2,1-4H3/t9-/m1/s1. The van der Waals surface area contributed by atoms with Crippen LogP contribution in [-0.2, 0) is 6.42 Å². The van der Waals surface area contributed by atoms with Gasteiger partial charge in [0.05, 0.1) is 0 Å². The molecule has 0 aromatic carbocycles. The van der Waals surface area contributed by atoms with Gasteiger partial charge in [-0.15, -0.1) is 0 Å². The first kappa shape index (κ1) is 11.7. The molecule has 0 aliphatic heterocycles. The number of halogens is 1. The maximum absolute atomic E-state index is 4.41. The predicted octanol–water partition coefficient (Wildman–Crippen LogP) is 3.99. The Morgan fingerprint density at radius 2 is 2.00 bits per heavy atom. The molecule has 1 nitrogen and oxygen atoms in total. The summed E-state index contributed by atoms with van der Waals surface area (Å²) >= 11 is 3.46. The molecular weight excluding hydrogens is 238 g/mol. The monoisotopic (exact) mass is 255 g/mol. The third-order valence-electron chi connectivity index (χ3n) is 2.77. The lowest BCUT2D eigenvalue weighted by Gasteiger charge is -2.15. The molecule has 78 valence electrons. The van der Waals surface area contributed by atoms with E-state index >= 15 is 0 Å². The molecule has 1 rings (SSSR count). The number of pyridine rings is 1. The van der Waals surface area contributed by atoms with Crippen molar-refractivity contribution >= 4 is 15.9 Å². The van der Waals surface area contributed by atoms with Gasteiger partial charge in [0, 0.05) is 16.4 Å². The average Bonchev–Trinajstić information content (AvgIpc) is 2.11. The average molecular weight is 256 g/mol. The largest absolute Gasteiger partial charge is 0.260 e. The summed E-state index contributed by atoms with van der Waals surface area (Å²) in [5.41, 5.74) is 2.47. The van der Waals surface area contributed by atoms with E-state index in [1.165, 1.54) is 11.3 Å². The highest BCUT2D eigenvalue weighted by Gasteiger charge is 2.09. The van der Waals surface area contributed by atoms with Gasteiger partial charge in [-0.1, -0.05) is 20.8 Å². The van der Waals surface area contributed by atoms with Crippen LogP contribution in [0.15, 0.2) is 16.7 Å². The molecule has 0 aliphatic rings. The molecule has 0 fully saturated rings. The number of nitrogens with zero attached hydrogens (tertiary/aromatic N) is 1. The van der Waals surface area contributed by atoms with Crippen molar-refractivity contribution in [2.24, 2.45) is 11.8 Å². The van der Waals surface area contributed by atoms with E-state index < -0.39 is 0 Å². The van der Waals surface area contributed by atoms with Crippen LogP contribution in [0.25, 0.3) is 0 Å². The highest BCUT2D eigenvalue weighted by Crippen LogP contribution is 2.19. The van der Waals surface area contributed by atoms with E-state index in [0.29, 0.717) is 5.92 Å². The highest BCUT2D eigenvalue weighted by atomic mass is 79.9. The molecule has 0 spiro atoms. The van der Waals surface area contributed by atoms with Crippen LogP contribution >= 0.6 is 15.9 Å². The minimum Gasteiger partial charge on any atom is -0.260 e. The minimum absolute atomic E-state index is 0.697. The van der Waals surface area contributed by atoms with E-state index in [-0.39, 0.29) is 0 Å². The normalized spacial score (nSPS) is 13.3. The summed E-state index contributed by atoms with van der Waals surface area (Å²) in [7, 11) is 0. The Morgan fingerprint density at radius 1 is 1.36 bits per heavy atom. The molecule has 1 aromatic rings. The zero-order chi connectivity index (χ0) is 10.7. The molecule has 0 N–H and O–H groups in total. The lowest BCUT2D eigenvalue weighted by molar-refractivity contribution is 0.413. The van der Waals surface area contributed by atoms with Gasteiger partial charge in [0.1, 0.15) is 0 Å². The second-order valence-electron chi connectivity index (χ2n) is 4.35. The number of aryl methyl sites for hydroxylation is 1. The topological polar surface area (TPSA) is 12.9 Å². The highest BCUT2D eigenvalue weighted by molar-refractivity contribution is 9.10. The maximum atomic E-state index is 4.41. The van der Waals surface area contributed by atoms with E-state index in [2.05, 4.69) is 54.7 Å². The van der Waals surface area contributed by atoms with Crippen LogP contribution in [0, 0.1) is 18.8 Å². The summed E-state index contributed by atoms with van der Waals surface area (Å²) in [6.07, 6.45) is 2.98. The Labute approximate surface area is 95.1 Å². The van der Waals surface area contributed by atoms with E-state index in [4.69, 9.17) is 0 Å². The smallest absolute Gasteiger partial charge is 0.0416 e. The Morgan fingerprint density at radius 3 is 2.50 bits per heavy atom. The first-order chi connectivity index (χ1) is 6.50. The second-order valence-corrected chi connectivity index (χ2v) is 5.20. The Kier molecular flexibility index (Phi) is 4.11. The summed E-state index contributed by atoms with van der Waals surface area (Å²) in [5.74, 6) is 1.42. The molecule has 0 radical (unpaired) electrons. The molecule has 0 unspecified atom stereocenters. The molecule has 0 saturated carbocycles. The molecule has 1 heterocycles. The SMILES string of the molecule is Cc1cc(C[C@@H](C)C(C)C)ncc1Br. The summed E-state index contributed by atoms with van der Waals surface area (Å²) in [6, 6.07) is 2.17. The molecule has 0 bridgehead atoms. The molecule has 1 atom stereocenters. The van der Waals surface area contributed by atoms with Crippen molar-refractivity contribution in [3.8, 4) is 0 Å². The first-order valence-corrected chi connectivity index (χ1v) is 5.91. The van der Waals surface area contributed by atoms with E-state index in [9.17, 15) is 0 Å². The zero-order valence-corrected chi connectivity index (χ0v) is 10.9. The molecule has 2 heteroatoms. The molecule has 0 amide bonds. The van der Waals surface area contributed by atoms with Crippen LogP contribution in [0.1, 0.15) is 32.0 Å². The van der Waals surface area contributed by atoms with Crippen molar-refractivity contribution < 1.29 is 0 Å². The van der Waals surface area contributed by atoms with Gasteiger partial charge < -0.3 is 0 Å². The number of hydrogen-bond donors (Lipinski definition) is 0. The first-order valence-electron chi connectivity index (χ1n) is 5.11. The maximum Gasteiger partial charge on any atom is 0.0416 e. The van der Waals surface area contributed by atoms with Crippen molar-refractivity contribution in [1.82, 2.24) is 4.98 Å². The Bertz CT molecular complexity index is 307. The van der Waals surface area contributed by atoms with Crippen LogP contribution < -0.4 is 0 Å². The van der Waals surface area contributed by atoms with Gasteiger partial charge in [-0.2, -0.15) is 0 Å². The van der Waals surface area contributed by atoms with Crippen LogP contribution in [0.5, 0.6) is 0 Å². The second kappa shape index (κ2) is 4.92. The van der Waals surface area contributed by atoms with Gasteiger partial charge in [0.2, 0.25) is 0 Å². The van der Waals surface area contributed by atoms with Gasteiger partial charge in [0.15, 0.2) is 0 Å². The van der Waals surface area contributed by atoms with E-state index in [1.807, 2.05) is 6.20 Å². The number of aromatic nitrogens is 1. The molecule has 1 aromatic heterocycles. The third-order valence-corrected chi connectivity index (χ3v) is 3.60. The lowest BCUT2D eigenvalue weighted by atomic mass is 9.93. The molecule has 0 saturated heterocycles. The Balaban J connectivity index is 2.73. The van der Waals surface area contributed by atoms with Crippen LogP contribution in [0.2, 0.25) is 0 Å². The fourth-order valence-electron chi connectivity index (χ4n) is 1.27. The fraction of sp³-hybridized carbons (Fsp3) is 0.583. The summed E-state index contributed by atoms with van der Waals surface area (Å²) in [5, 5.41) is 0. The predicted molar refractivity (Wildman–Crippen MR) is 64.4 cm³/mol. The van der Waals surface area contributed by atoms with Crippen LogP contribution in [-0.4, -0.2) is 4.98 Å². The molecule has 14 heavy (non-hydrogen) atoms. The molecule has 0 aliphatic carbocycles. The van der Waals surface area contributed by atoms with E-state index in [0.717, 1.165) is 16.8 Å². The van der Waals surface area contributed by atoms with E-state index in [1.54, 1.807) is 0 Å². The lowest BCUT2D eigenvalue weighted by Crippen LogP contribution is -2.08. The van der Waals surface area contributed by atoms with Crippen molar-refractivity contribution in [3.05, 3.63) is 28.0 Å². The van der Waals surface area contributed by atoms with Crippen LogP contribution in [0.4, 0.5) is 0 Å². The van der Waals surface area contributed by atoms with Crippen molar-refractivity contribution in [2.45, 2.75) is 34.1 Å². The third kappa shape index (κ3) is 3.09. The van der Waals surface area contributed by atoms with Crippen LogP contribution in [0.3, 0.4) is 0 Å². The van der Waals surface area contributed by atoms with Crippen molar-refractivity contribution in [3.63, 3.8) is 0 Å². The fourth-order valence-corrected chi connectivity index (χ4v) is 1.49. The minimum atomic E-state index is 0.697. The summed E-state index contributed by atoms with van der Waals surface area (Å²) < 4.78 is 1.10. The Hall–Kier alpha value is -0.370. The van der Waals surface area contributed by atoms with Gasteiger partial charge in [0.25, 0.3) is 0 Å².